The Kier molecular flexibility index (Phi) is 4.50. The van der Waals surface area contributed by atoms with E-state index in [0.29, 0.717) is 22.9 Å². The number of anilines is 1. The fourth-order valence-corrected chi connectivity index (χ4v) is 2.44. The Morgan fingerprint density at radius 2 is 2.17 bits per heavy atom. The molecular weight excluding hydrogens is 310 g/mol. The zero-order chi connectivity index (χ0) is 17.1. The first-order chi connectivity index (χ1) is 11.6. The quantitative estimate of drug-likeness (QED) is 0.878. The van der Waals surface area contributed by atoms with Crippen LogP contribution in [0.15, 0.2) is 34.9 Å². The molecule has 0 radical (unpaired) electrons. The molecule has 1 aliphatic rings. The maximum Gasteiger partial charge on any atom is 0.254 e. The molecule has 1 aromatic heterocycles. The highest BCUT2D eigenvalue weighted by atomic mass is 16.5. The minimum Gasteiger partial charge on any atom is -0.497 e. The number of amides is 2. The van der Waals surface area contributed by atoms with Gasteiger partial charge in [0.05, 0.1) is 7.11 Å². The molecule has 126 valence electrons. The first-order valence-electron chi connectivity index (χ1n) is 7.75. The summed E-state index contributed by atoms with van der Waals surface area (Å²) in [6.07, 6.45) is 1.82. The number of carbonyl (C=O) groups excluding carboxylic acids is 2. The highest BCUT2D eigenvalue weighted by Gasteiger charge is 2.34. The molecule has 1 fully saturated rings. The Bertz CT molecular complexity index is 752. The van der Waals surface area contributed by atoms with Crippen LogP contribution in [0.1, 0.15) is 29.0 Å². The highest BCUT2D eigenvalue weighted by molar-refractivity contribution is 5.99. The van der Waals surface area contributed by atoms with E-state index in [9.17, 15) is 9.59 Å². The Labute approximate surface area is 139 Å². The van der Waals surface area contributed by atoms with Crippen LogP contribution in [0, 0.1) is 6.92 Å². The number of hydrogen-bond donors (Lipinski definition) is 1. The largest absolute Gasteiger partial charge is 0.497 e. The molecule has 0 bridgehead atoms. The van der Waals surface area contributed by atoms with E-state index in [1.165, 1.54) is 0 Å². The zero-order valence-electron chi connectivity index (χ0n) is 13.6. The van der Waals surface area contributed by atoms with Crippen LogP contribution < -0.4 is 10.1 Å². The average molecular weight is 329 g/mol. The van der Waals surface area contributed by atoms with Crippen molar-refractivity contribution in [3.05, 3.63) is 41.7 Å². The third-order valence-corrected chi connectivity index (χ3v) is 3.77. The van der Waals surface area contributed by atoms with Crippen molar-refractivity contribution in [2.24, 2.45) is 0 Å². The minimum absolute atomic E-state index is 0.0212. The molecule has 0 saturated heterocycles. The molecule has 1 N–H and O–H groups in total. The molecule has 0 atom stereocenters. The molecule has 7 nitrogen and oxygen atoms in total. The molecule has 2 amide bonds. The van der Waals surface area contributed by atoms with Crippen molar-refractivity contribution in [2.75, 3.05) is 19.0 Å². The van der Waals surface area contributed by atoms with Crippen LogP contribution in [-0.4, -0.2) is 41.6 Å². The molecule has 0 aliphatic heterocycles. The summed E-state index contributed by atoms with van der Waals surface area (Å²) in [6.45, 7) is 1.72. The molecule has 2 aromatic rings. The fraction of sp³-hybridized carbons (Fsp3) is 0.353. The number of carbonyl (C=O) groups is 2. The lowest BCUT2D eigenvalue weighted by atomic mass is 10.2. The van der Waals surface area contributed by atoms with Gasteiger partial charge in [-0.05, 0) is 38.0 Å². The van der Waals surface area contributed by atoms with E-state index in [1.54, 1.807) is 49.3 Å². The number of methoxy groups -OCH3 is 1. The lowest BCUT2D eigenvalue weighted by Crippen LogP contribution is -2.39. The molecule has 0 unspecified atom stereocenters. The van der Waals surface area contributed by atoms with Gasteiger partial charge in [-0.25, -0.2) is 0 Å². The molecule has 7 heteroatoms. The van der Waals surface area contributed by atoms with E-state index in [1.807, 2.05) is 0 Å². The summed E-state index contributed by atoms with van der Waals surface area (Å²) >= 11 is 0. The van der Waals surface area contributed by atoms with Crippen molar-refractivity contribution in [3.63, 3.8) is 0 Å². The van der Waals surface area contributed by atoms with Gasteiger partial charge in [-0.15, -0.1) is 0 Å². The Morgan fingerprint density at radius 1 is 1.38 bits per heavy atom. The monoisotopic (exact) mass is 329 g/mol. The van der Waals surface area contributed by atoms with Crippen LogP contribution in [0.5, 0.6) is 5.75 Å². The maximum absolute atomic E-state index is 12.7. The smallest absolute Gasteiger partial charge is 0.254 e. The lowest BCUT2D eigenvalue weighted by molar-refractivity contribution is -0.117. The predicted molar refractivity (Wildman–Crippen MR) is 86.9 cm³/mol. The summed E-state index contributed by atoms with van der Waals surface area (Å²) in [5.41, 5.74) is 0.506. The minimum atomic E-state index is -0.300. The first kappa shape index (κ1) is 16.0. The van der Waals surface area contributed by atoms with Gasteiger partial charge in [0.1, 0.15) is 18.1 Å². The zero-order valence-corrected chi connectivity index (χ0v) is 13.6. The number of ether oxygens (including phenoxy) is 1. The van der Waals surface area contributed by atoms with E-state index in [-0.39, 0.29) is 24.4 Å². The molecular formula is C17H19N3O4. The second kappa shape index (κ2) is 6.74. The summed E-state index contributed by atoms with van der Waals surface area (Å²) in [6, 6.07) is 8.67. The normalized spacial score (nSPS) is 13.4. The molecule has 1 aromatic carbocycles. The predicted octanol–water partition coefficient (Wildman–Crippen LogP) is 2.23. The van der Waals surface area contributed by atoms with Crippen LogP contribution >= 0.6 is 0 Å². The van der Waals surface area contributed by atoms with Gasteiger partial charge < -0.3 is 19.5 Å². The third-order valence-electron chi connectivity index (χ3n) is 3.77. The Morgan fingerprint density at radius 3 is 2.79 bits per heavy atom. The SMILES string of the molecule is COc1cccc(C(=O)N(CC(=O)Nc2cc(C)on2)C2CC2)c1. The van der Waals surface area contributed by atoms with Crippen molar-refractivity contribution in [3.8, 4) is 5.75 Å². The number of benzene rings is 1. The number of nitrogens with one attached hydrogen (secondary N) is 1. The molecule has 3 rings (SSSR count). The Balaban J connectivity index is 1.70. The Hall–Kier alpha value is -2.83. The van der Waals surface area contributed by atoms with E-state index in [0.717, 1.165) is 12.8 Å². The molecule has 0 spiro atoms. The second-order valence-electron chi connectivity index (χ2n) is 5.77. The van der Waals surface area contributed by atoms with Crippen LogP contribution in [-0.2, 0) is 4.79 Å². The first-order valence-corrected chi connectivity index (χ1v) is 7.75. The van der Waals surface area contributed by atoms with Crippen molar-refractivity contribution in [1.29, 1.82) is 0 Å². The summed E-state index contributed by atoms with van der Waals surface area (Å²) in [5.74, 6) is 1.09. The van der Waals surface area contributed by atoms with Gasteiger partial charge in [-0.2, -0.15) is 0 Å². The summed E-state index contributed by atoms with van der Waals surface area (Å²) in [4.78, 5) is 26.5. The van der Waals surface area contributed by atoms with Gasteiger partial charge in [-0.1, -0.05) is 11.2 Å². The number of hydrogen-bond acceptors (Lipinski definition) is 5. The van der Waals surface area contributed by atoms with Gasteiger partial charge in [0, 0.05) is 17.7 Å². The summed E-state index contributed by atoms with van der Waals surface area (Å²) < 4.78 is 10.1. The maximum atomic E-state index is 12.7. The summed E-state index contributed by atoms with van der Waals surface area (Å²) in [7, 11) is 1.55. The molecule has 1 saturated carbocycles. The van der Waals surface area contributed by atoms with Crippen molar-refractivity contribution in [1.82, 2.24) is 10.1 Å². The lowest BCUT2D eigenvalue weighted by Gasteiger charge is -2.21. The van der Waals surface area contributed by atoms with Gasteiger partial charge in [0.15, 0.2) is 5.82 Å². The standard InChI is InChI=1S/C17H19N3O4/c1-11-8-15(19-24-11)18-16(21)10-20(13-6-7-13)17(22)12-4-3-5-14(9-12)23-2/h3-5,8-9,13H,6-7,10H2,1-2H3,(H,18,19,21). The van der Waals surface area contributed by atoms with Crippen LogP contribution in [0.2, 0.25) is 0 Å². The molecule has 1 aliphatic carbocycles. The average Bonchev–Trinajstić information content (AvgIpc) is 3.35. The highest BCUT2D eigenvalue weighted by Crippen LogP contribution is 2.28. The topological polar surface area (TPSA) is 84.7 Å². The van der Waals surface area contributed by atoms with Crippen molar-refractivity contribution < 1.29 is 18.8 Å². The third kappa shape index (κ3) is 3.73. The second-order valence-corrected chi connectivity index (χ2v) is 5.77. The summed E-state index contributed by atoms with van der Waals surface area (Å²) in [5, 5.41) is 6.36. The van der Waals surface area contributed by atoms with E-state index in [2.05, 4.69) is 10.5 Å². The van der Waals surface area contributed by atoms with E-state index in [4.69, 9.17) is 9.26 Å². The van der Waals surface area contributed by atoms with Crippen molar-refractivity contribution >= 4 is 17.6 Å². The van der Waals surface area contributed by atoms with Gasteiger partial charge in [0.25, 0.3) is 5.91 Å². The van der Waals surface area contributed by atoms with Crippen LogP contribution in [0.4, 0.5) is 5.82 Å². The van der Waals surface area contributed by atoms with Gasteiger partial charge >= 0.3 is 0 Å². The van der Waals surface area contributed by atoms with E-state index < -0.39 is 0 Å². The van der Waals surface area contributed by atoms with Crippen molar-refractivity contribution in [2.45, 2.75) is 25.8 Å². The van der Waals surface area contributed by atoms with Gasteiger partial charge in [-0.3, -0.25) is 9.59 Å². The number of rotatable bonds is 6. The fourth-order valence-electron chi connectivity index (χ4n) is 2.44. The van der Waals surface area contributed by atoms with Crippen LogP contribution in [0.3, 0.4) is 0 Å². The van der Waals surface area contributed by atoms with Gasteiger partial charge in [0.2, 0.25) is 5.91 Å². The van der Waals surface area contributed by atoms with Crippen LogP contribution in [0.25, 0.3) is 0 Å². The molecule has 1 heterocycles. The number of nitrogens with zero attached hydrogens (tertiary/aromatic N) is 2. The van der Waals surface area contributed by atoms with E-state index >= 15 is 0 Å². The number of aromatic nitrogens is 1. The number of aryl methyl sites for hydroxylation is 1. The molecule has 24 heavy (non-hydrogen) atoms.